The average Bonchev–Trinajstić information content (AvgIpc) is 2.34. The second kappa shape index (κ2) is 6.07. The fourth-order valence-corrected chi connectivity index (χ4v) is 2.15. The van der Waals surface area contributed by atoms with E-state index in [1.54, 1.807) is 13.8 Å². The predicted molar refractivity (Wildman–Crippen MR) is 68.4 cm³/mol. The summed E-state index contributed by atoms with van der Waals surface area (Å²) >= 11 is 0. The van der Waals surface area contributed by atoms with Gasteiger partial charge in [0.2, 0.25) is 0 Å². The van der Waals surface area contributed by atoms with Gasteiger partial charge in [0.25, 0.3) is 0 Å². The van der Waals surface area contributed by atoms with Crippen molar-refractivity contribution in [3.8, 4) is 0 Å². The van der Waals surface area contributed by atoms with E-state index in [1.165, 1.54) is 12.2 Å². The fourth-order valence-electron chi connectivity index (χ4n) is 2.15. The Hall–Kier alpha value is -1.25. The Kier molecular flexibility index (Phi) is 5.00. The molecule has 0 nitrogen and oxygen atoms in total. The van der Waals surface area contributed by atoms with Crippen LogP contribution < -0.4 is 0 Å². The molecule has 1 atom stereocenters. The smallest absolute Gasteiger partial charge is 0.170 e. The summed E-state index contributed by atoms with van der Waals surface area (Å²) in [6, 6.07) is 9.31. The van der Waals surface area contributed by atoms with Gasteiger partial charge in [-0.3, -0.25) is 0 Å². The normalized spacial score (nSPS) is 15.8. The Balaban J connectivity index is 2.86. The number of alkyl halides is 3. The molecule has 3 heteroatoms. The molecule has 0 saturated carbocycles. The van der Waals surface area contributed by atoms with Crippen LogP contribution in [0.1, 0.15) is 32.3 Å². The van der Waals surface area contributed by atoms with Gasteiger partial charge in [-0.2, -0.15) is 13.2 Å². The molecular formula is C15H19F3. The van der Waals surface area contributed by atoms with Crippen LogP contribution in [0.2, 0.25) is 0 Å². The molecule has 18 heavy (non-hydrogen) atoms. The summed E-state index contributed by atoms with van der Waals surface area (Å²) in [5.41, 5.74) is -0.749. The number of aryl methyl sites for hydroxylation is 1. The van der Waals surface area contributed by atoms with Gasteiger partial charge in [0.05, 0.1) is 5.41 Å². The third kappa shape index (κ3) is 3.37. The van der Waals surface area contributed by atoms with Crippen molar-refractivity contribution in [2.24, 2.45) is 5.41 Å². The molecule has 0 aliphatic carbocycles. The van der Waals surface area contributed by atoms with Gasteiger partial charge in [0.15, 0.2) is 0 Å². The molecule has 0 aliphatic heterocycles. The van der Waals surface area contributed by atoms with Gasteiger partial charge in [-0.05, 0) is 31.7 Å². The summed E-state index contributed by atoms with van der Waals surface area (Å²) in [5.74, 6) is 0. The monoisotopic (exact) mass is 256 g/mol. The van der Waals surface area contributed by atoms with Crippen LogP contribution in [0.25, 0.3) is 0 Å². The first-order chi connectivity index (χ1) is 8.45. The van der Waals surface area contributed by atoms with Gasteiger partial charge in [0, 0.05) is 0 Å². The van der Waals surface area contributed by atoms with Crippen molar-refractivity contribution in [3.63, 3.8) is 0 Å². The van der Waals surface area contributed by atoms with Crippen molar-refractivity contribution in [1.29, 1.82) is 0 Å². The first-order valence-corrected chi connectivity index (χ1v) is 6.19. The van der Waals surface area contributed by atoms with Crippen LogP contribution in [-0.2, 0) is 6.42 Å². The van der Waals surface area contributed by atoms with Gasteiger partial charge in [-0.1, -0.05) is 49.4 Å². The van der Waals surface area contributed by atoms with Crippen molar-refractivity contribution in [2.75, 3.05) is 0 Å². The van der Waals surface area contributed by atoms with E-state index in [-0.39, 0.29) is 12.8 Å². The van der Waals surface area contributed by atoms with E-state index < -0.39 is 11.6 Å². The number of rotatable bonds is 5. The first-order valence-electron chi connectivity index (χ1n) is 6.19. The minimum Gasteiger partial charge on any atom is -0.170 e. The number of benzene rings is 1. The third-order valence-corrected chi connectivity index (χ3v) is 3.38. The zero-order valence-electron chi connectivity index (χ0n) is 10.8. The van der Waals surface area contributed by atoms with Gasteiger partial charge in [0.1, 0.15) is 0 Å². The lowest BCUT2D eigenvalue weighted by atomic mass is 9.78. The second-order valence-electron chi connectivity index (χ2n) is 4.49. The number of allylic oxidation sites excluding steroid dienone is 2. The summed E-state index contributed by atoms with van der Waals surface area (Å²) in [6.45, 7) is 3.23. The van der Waals surface area contributed by atoms with E-state index >= 15 is 0 Å². The largest absolute Gasteiger partial charge is 0.397 e. The Morgan fingerprint density at radius 3 is 2.17 bits per heavy atom. The highest BCUT2D eigenvalue weighted by Crippen LogP contribution is 2.45. The maximum Gasteiger partial charge on any atom is 0.397 e. The van der Waals surface area contributed by atoms with Crippen LogP contribution in [0.3, 0.4) is 0 Å². The van der Waals surface area contributed by atoms with Crippen LogP contribution in [-0.4, -0.2) is 6.18 Å². The first kappa shape index (κ1) is 14.8. The van der Waals surface area contributed by atoms with E-state index in [1.807, 2.05) is 30.3 Å². The minimum atomic E-state index is -4.19. The summed E-state index contributed by atoms with van der Waals surface area (Å²) in [5, 5.41) is 0. The van der Waals surface area contributed by atoms with E-state index in [4.69, 9.17) is 0 Å². The quantitative estimate of drug-likeness (QED) is 0.639. The maximum absolute atomic E-state index is 13.2. The maximum atomic E-state index is 13.2. The molecule has 0 radical (unpaired) electrons. The molecule has 0 heterocycles. The molecular weight excluding hydrogens is 237 g/mol. The average molecular weight is 256 g/mol. The molecule has 0 bridgehead atoms. The van der Waals surface area contributed by atoms with Crippen molar-refractivity contribution < 1.29 is 13.2 Å². The molecule has 0 unspecified atom stereocenters. The fraction of sp³-hybridized carbons (Fsp3) is 0.467. The highest BCUT2D eigenvalue weighted by molar-refractivity contribution is 5.16. The van der Waals surface area contributed by atoms with Crippen LogP contribution in [0.5, 0.6) is 0 Å². The summed E-state index contributed by atoms with van der Waals surface area (Å²) in [4.78, 5) is 0. The van der Waals surface area contributed by atoms with Gasteiger partial charge in [-0.15, -0.1) is 0 Å². The Morgan fingerprint density at radius 2 is 1.72 bits per heavy atom. The zero-order chi connectivity index (χ0) is 13.6. The third-order valence-electron chi connectivity index (χ3n) is 3.38. The molecule has 1 aromatic rings. The van der Waals surface area contributed by atoms with Crippen LogP contribution in [0.4, 0.5) is 13.2 Å². The lowest BCUT2D eigenvalue weighted by molar-refractivity contribution is -0.209. The molecule has 0 aliphatic rings. The number of hydrogen-bond acceptors (Lipinski definition) is 0. The van der Waals surface area contributed by atoms with Crippen molar-refractivity contribution in [2.45, 2.75) is 39.3 Å². The molecule has 0 aromatic heterocycles. The van der Waals surface area contributed by atoms with Crippen LogP contribution in [0.15, 0.2) is 42.5 Å². The van der Waals surface area contributed by atoms with Gasteiger partial charge in [-0.25, -0.2) is 0 Å². The van der Waals surface area contributed by atoms with Crippen molar-refractivity contribution >= 4 is 0 Å². The highest BCUT2D eigenvalue weighted by atomic mass is 19.4. The topological polar surface area (TPSA) is 0 Å². The molecule has 0 amide bonds. The molecule has 100 valence electrons. The summed E-state index contributed by atoms with van der Waals surface area (Å²) in [7, 11) is 0. The molecule has 0 saturated heterocycles. The zero-order valence-corrected chi connectivity index (χ0v) is 10.8. The SMILES string of the molecule is C/C=C/[C@@](CC)(CCc1ccccc1)C(F)(F)F. The molecule has 1 rings (SSSR count). The van der Waals surface area contributed by atoms with E-state index in [0.29, 0.717) is 6.42 Å². The van der Waals surface area contributed by atoms with Crippen molar-refractivity contribution in [3.05, 3.63) is 48.0 Å². The predicted octanol–water partition coefficient (Wildman–Crippen LogP) is 5.15. The van der Waals surface area contributed by atoms with Crippen LogP contribution in [0, 0.1) is 5.41 Å². The number of hydrogen-bond donors (Lipinski definition) is 0. The molecule has 0 fully saturated rings. The van der Waals surface area contributed by atoms with E-state index in [2.05, 4.69) is 0 Å². The lowest BCUT2D eigenvalue weighted by Crippen LogP contribution is -2.36. The molecule has 1 aromatic carbocycles. The van der Waals surface area contributed by atoms with Crippen molar-refractivity contribution in [1.82, 2.24) is 0 Å². The number of halogens is 3. The standard InChI is InChI=1S/C15H19F3/c1-3-11-14(4-2,15(16,17)18)12-10-13-8-6-5-7-9-13/h3,5-9,11H,4,10,12H2,1-2H3/b11-3+/t14-/m0/s1. The Morgan fingerprint density at radius 1 is 1.11 bits per heavy atom. The summed E-state index contributed by atoms with van der Waals surface area (Å²) < 4.78 is 39.6. The minimum absolute atomic E-state index is 0.0771. The summed E-state index contributed by atoms with van der Waals surface area (Å²) in [6.07, 6.45) is -0.769. The van der Waals surface area contributed by atoms with Gasteiger partial charge >= 0.3 is 6.18 Å². The van der Waals surface area contributed by atoms with Gasteiger partial charge < -0.3 is 0 Å². The molecule has 0 spiro atoms. The lowest BCUT2D eigenvalue weighted by Gasteiger charge is -2.32. The molecule has 0 N–H and O–H groups in total. The van der Waals surface area contributed by atoms with Crippen LogP contribution >= 0.6 is 0 Å². The van der Waals surface area contributed by atoms with E-state index in [0.717, 1.165) is 5.56 Å². The second-order valence-corrected chi connectivity index (χ2v) is 4.49. The Labute approximate surface area is 107 Å². The Bertz CT molecular complexity index is 378. The highest BCUT2D eigenvalue weighted by Gasteiger charge is 2.50. The van der Waals surface area contributed by atoms with E-state index in [9.17, 15) is 13.2 Å².